The highest BCUT2D eigenvalue weighted by molar-refractivity contribution is 5.95. The second kappa shape index (κ2) is 16.1. The van der Waals surface area contributed by atoms with Gasteiger partial charge < -0.3 is 44.3 Å². The molecule has 2 bridgehead atoms. The van der Waals surface area contributed by atoms with Gasteiger partial charge in [0.25, 0.3) is 0 Å². The maximum atomic E-state index is 15.4. The van der Waals surface area contributed by atoms with E-state index in [0.717, 1.165) is 6.92 Å². The highest BCUT2D eigenvalue weighted by atomic mass is 16.6. The van der Waals surface area contributed by atoms with Crippen molar-refractivity contribution < 1.29 is 67.8 Å². The van der Waals surface area contributed by atoms with Crippen LogP contribution in [0.4, 0.5) is 4.79 Å². The first-order valence-corrected chi connectivity index (χ1v) is 20.0. The topological polar surface area (TPSA) is 221 Å². The Morgan fingerprint density at radius 3 is 2.10 bits per heavy atom. The monoisotopic (exact) mass is 825 g/mol. The summed E-state index contributed by atoms with van der Waals surface area (Å²) in [6.45, 7) is 16.8. The number of carbonyl (C=O) groups excluding carboxylic acids is 6. The van der Waals surface area contributed by atoms with Gasteiger partial charge in [-0.1, -0.05) is 43.7 Å². The summed E-state index contributed by atoms with van der Waals surface area (Å²) < 4.78 is 29.8. The van der Waals surface area contributed by atoms with E-state index in [2.05, 4.69) is 5.32 Å². The van der Waals surface area contributed by atoms with Gasteiger partial charge in [-0.25, -0.2) is 14.4 Å². The lowest BCUT2D eigenvalue weighted by atomic mass is 9.41. The van der Waals surface area contributed by atoms with E-state index < -0.39 is 118 Å². The Morgan fingerprint density at radius 2 is 1.58 bits per heavy atom. The normalized spacial score (nSPS) is 33.2. The molecule has 0 heterocycles. The van der Waals surface area contributed by atoms with E-state index in [0.29, 0.717) is 12.0 Å². The van der Waals surface area contributed by atoms with Crippen molar-refractivity contribution in [3.05, 3.63) is 58.7 Å². The number of amides is 1. The number of benzene rings is 1. The fraction of sp³-hybridized carbons (Fsp3) is 0.636. The third kappa shape index (κ3) is 8.17. The van der Waals surface area contributed by atoms with E-state index in [-0.39, 0.29) is 29.6 Å². The summed E-state index contributed by atoms with van der Waals surface area (Å²) >= 11 is 0. The number of nitrogens with one attached hydrogen (secondary N) is 1. The molecule has 15 nitrogen and oxygen atoms in total. The molecule has 3 fully saturated rings. The molecule has 59 heavy (non-hydrogen) atoms. The molecule has 4 N–H and O–H groups in total. The molecule has 0 saturated heterocycles. The molecule has 1 amide bonds. The molecule has 11 atom stereocenters. The molecule has 0 aliphatic heterocycles. The Kier molecular flexibility index (Phi) is 12.4. The van der Waals surface area contributed by atoms with Crippen LogP contribution in [-0.4, -0.2) is 104 Å². The Labute approximate surface area is 344 Å². The van der Waals surface area contributed by atoms with Crippen LogP contribution in [-0.2, 0) is 42.9 Å². The summed E-state index contributed by atoms with van der Waals surface area (Å²) in [5.41, 5.74) is -7.41. The van der Waals surface area contributed by atoms with Gasteiger partial charge in [0.05, 0.1) is 29.0 Å². The number of esters is 4. The summed E-state index contributed by atoms with van der Waals surface area (Å²) in [5.74, 6) is -6.44. The Morgan fingerprint density at radius 1 is 0.949 bits per heavy atom. The number of ether oxygens (including phenoxy) is 5. The van der Waals surface area contributed by atoms with E-state index in [1.54, 1.807) is 66.7 Å². The molecule has 15 heteroatoms. The van der Waals surface area contributed by atoms with Gasteiger partial charge in [0, 0.05) is 31.6 Å². The summed E-state index contributed by atoms with van der Waals surface area (Å²) in [7, 11) is 0. The lowest BCUT2D eigenvalue weighted by Crippen LogP contribution is -2.78. The summed E-state index contributed by atoms with van der Waals surface area (Å²) in [6, 6.07) is 6.60. The zero-order chi connectivity index (χ0) is 44.2. The Hall–Kier alpha value is -4.60. The molecule has 324 valence electrons. The van der Waals surface area contributed by atoms with Crippen molar-refractivity contribution in [1.29, 1.82) is 0 Å². The number of aliphatic hydroxyl groups is 3. The van der Waals surface area contributed by atoms with Gasteiger partial charge in [-0.2, -0.15) is 0 Å². The second-order valence-electron chi connectivity index (χ2n) is 18.5. The van der Waals surface area contributed by atoms with E-state index >= 15 is 4.79 Å². The Balaban J connectivity index is 1.73. The fourth-order valence-electron chi connectivity index (χ4n) is 9.93. The number of hydrogen-bond donors (Lipinski definition) is 4. The van der Waals surface area contributed by atoms with Crippen LogP contribution >= 0.6 is 0 Å². The van der Waals surface area contributed by atoms with Crippen molar-refractivity contribution in [2.45, 2.75) is 155 Å². The highest BCUT2D eigenvalue weighted by Crippen LogP contribution is 2.67. The smallest absolute Gasteiger partial charge is 0.408 e. The van der Waals surface area contributed by atoms with E-state index in [9.17, 15) is 39.3 Å². The Bertz CT molecular complexity index is 1930. The predicted octanol–water partition coefficient (Wildman–Crippen LogP) is 4.44. The minimum atomic E-state index is -2.33. The van der Waals surface area contributed by atoms with Gasteiger partial charge >= 0.3 is 30.0 Å². The zero-order valence-electron chi connectivity index (χ0n) is 35.7. The lowest BCUT2D eigenvalue weighted by Gasteiger charge is -2.68. The fourth-order valence-corrected chi connectivity index (χ4v) is 9.93. The van der Waals surface area contributed by atoms with Gasteiger partial charge in [-0.15, -0.1) is 0 Å². The zero-order valence-corrected chi connectivity index (χ0v) is 35.7. The van der Waals surface area contributed by atoms with Crippen LogP contribution in [0.3, 0.4) is 0 Å². The minimum Gasteiger partial charge on any atom is -0.458 e. The van der Waals surface area contributed by atoms with E-state index in [1.165, 1.54) is 39.0 Å². The first-order chi connectivity index (χ1) is 27.2. The molecule has 1 aromatic rings. The minimum absolute atomic E-state index is 0.0142. The molecule has 0 spiro atoms. The second-order valence-corrected chi connectivity index (χ2v) is 18.5. The average molecular weight is 826 g/mol. The molecule has 4 aliphatic carbocycles. The van der Waals surface area contributed by atoms with Crippen molar-refractivity contribution >= 4 is 35.8 Å². The first-order valence-electron chi connectivity index (χ1n) is 20.0. The van der Waals surface area contributed by atoms with Gasteiger partial charge in [0.2, 0.25) is 0 Å². The number of fused-ring (bicyclic) bond motifs is 5. The van der Waals surface area contributed by atoms with Crippen LogP contribution in [0, 0.1) is 22.7 Å². The van der Waals surface area contributed by atoms with Crippen molar-refractivity contribution in [1.82, 2.24) is 5.32 Å². The average Bonchev–Trinajstić information content (AvgIpc) is 3.11. The lowest BCUT2D eigenvalue weighted by molar-refractivity contribution is -0.296. The number of carbonyl (C=O) groups is 6. The van der Waals surface area contributed by atoms with Gasteiger partial charge in [0.1, 0.15) is 29.0 Å². The molecule has 3 saturated carbocycles. The summed E-state index contributed by atoms with van der Waals surface area (Å²) in [4.78, 5) is 82.4. The number of hydrogen-bond acceptors (Lipinski definition) is 14. The van der Waals surface area contributed by atoms with Gasteiger partial charge in [0.15, 0.2) is 18.0 Å². The van der Waals surface area contributed by atoms with E-state index in [1.807, 2.05) is 0 Å². The van der Waals surface area contributed by atoms with Gasteiger partial charge in [-0.3, -0.25) is 14.4 Å². The van der Waals surface area contributed by atoms with Crippen LogP contribution in [0.5, 0.6) is 0 Å². The molecule has 0 aromatic heterocycles. The van der Waals surface area contributed by atoms with Gasteiger partial charge in [-0.05, 0) is 91.0 Å². The van der Waals surface area contributed by atoms with Crippen LogP contribution in [0.25, 0.3) is 0 Å². The predicted molar refractivity (Wildman–Crippen MR) is 210 cm³/mol. The highest BCUT2D eigenvalue weighted by Gasteiger charge is 2.77. The summed E-state index contributed by atoms with van der Waals surface area (Å²) in [5, 5.41) is 39.6. The maximum Gasteiger partial charge on any atom is 0.408 e. The number of Topliss-reactive ketones (excluding diaryl/α,β-unsaturated/α-hetero) is 1. The number of rotatable bonds is 9. The largest absolute Gasteiger partial charge is 0.458 e. The quantitative estimate of drug-likeness (QED) is 0.154. The number of allylic oxidation sites excluding steroid dienone is 1. The van der Waals surface area contributed by atoms with E-state index in [4.69, 9.17) is 23.7 Å². The molecule has 4 aliphatic rings. The molecular formula is C44H59NO14. The first kappa shape index (κ1) is 45.5. The van der Waals surface area contributed by atoms with Crippen LogP contribution in [0.15, 0.2) is 53.1 Å². The molecule has 0 unspecified atom stereocenters. The third-order valence-electron chi connectivity index (χ3n) is 12.8. The summed E-state index contributed by atoms with van der Waals surface area (Å²) in [6.07, 6.45) is -7.72. The van der Waals surface area contributed by atoms with Crippen LogP contribution in [0.1, 0.15) is 112 Å². The van der Waals surface area contributed by atoms with Crippen molar-refractivity contribution in [2.24, 2.45) is 22.7 Å². The van der Waals surface area contributed by atoms with Crippen molar-refractivity contribution in [3.8, 4) is 0 Å². The number of ketones is 1. The van der Waals surface area contributed by atoms with Crippen molar-refractivity contribution in [2.75, 3.05) is 0 Å². The number of alkyl carbamates (subject to hydrolysis) is 1. The SMILES string of the molecule is CC(=O)O[C@H]1C(=O)[C@@]2(C)[C@H]([C@H](OC(=O)c3ccccc3)[C@]3(O)C[C@H](OC(=O)[C@H](O)[C@H](C=C(C)C)NC(=O)OC(C)(C)C)C(C)=C1C3(C)C)[C@]1(OC(C)=O)CC[C@@H]1C[C@@H]2O. The molecule has 1 aromatic carbocycles. The van der Waals surface area contributed by atoms with Crippen LogP contribution in [0.2, 0.25) is 0 Å². The number of aliphatic hydroxyl groups excluding tert-OH is 2. The standard InChI is InChI=1S/C44H59NO14/c1-22(2)19-28(45-39(53)59-40(6,7)8)32(49)38(52)56-29-21-44(54)36(57-37(51)26-15-13-12-14-16-26)34-42(11,30(48)20-27-17-18-43(27,34)58-25(5)47)35(50)33(55-24(4)46)31(23(29)3)41(44,9)10/h12-16,19,27-30,32-34,36,48-49,54H,17-18,20-21H2,1-11H3,(H,45,53)/t27-,28+,29+,30+,32-,33-,34+,36+,42-,43+,44-/m1/s1. The van der Waals surface area contributed by atoms with Crippen molar-refractivity contribution in [3.63, 3.8) is 0 Å². The van der Waals surface area contributed by atoms with Crippen LogP contribution < -0.4 is 5.32 Å². The molecule has 5 rings (SSSR count). The maximum absolute atomic E-state index is 15.4. The third-order valence-corrected chi connectivity index (χ3v) is 12.8. The molecule has 0 radical (unpaired) electrons. The molecular weight excluding hydrogens is 766 g/mol.